The van der Waals surface area contributed by atoms with Crippen LogP contribution in [-0.2, 0) is 9.53 Å². The van der Waals surface area contributed by atoms with Gasteiger partial charge in [-0.15, -0.1) is 0 Å². The topological polar surface area (TPSA) is 58.6 Å². The molecule has 0 heterocycles. The quantitative estimate of drug-likeness (QED) is 0.0665. The van der Waals surface area contributed by atoms with Gasteiger partial charge in [0.2, 0.25) is 5.91 Å². The van der Waals surface area contributed by atoms with Crippen LogP contribution in [0.3, 0.4) is 0 Å². The maximum absolute atomic E-state index is 12.4. The van der Waals surface area contributed by atoms with Gasteiger partial charge in [0.1, 0.15) is 0 Å². The molecule has 0 unspecified atom stereocenters. The van der Waals surface area contributed by atoms with Gasteiger partial charge < -0.3 is 15.2 Å². The standard InChI is InChI=1S/C35H69NO3/c1-4-6-8-10-12-14-16-18-20-22-24-26-28-30-34(37)33(32-39-3)36-35(38)31-29-27-25-23-21-19-17-15-13-11-9-7-5-2/h28,30,33-34,37H,4-27,29,31-32H2,1-3H3,(H,36,38)/b30-28+/t33-,34+/m0/s1. The molecule has 4 heteroatoms. The van der Waals surface area contributed by atoms with Crippen molar-refractivity contribution in [3.05, 3.63) is 12.2 Å². The fourth-order valence-electron chi connectivity index (χ4n) is 5.28. The predicted molar refractivity (Wildman–Crippen MR) is 170 cm³/mol. The van der Waals surface area contributed by atoms with Crippen molar-refractivity contribution in [2.24, 2.45) is 0 Å². The van der Waals surface area contributed by atoms with E-state index in [2.05, 4.69) is 25.2 Å². The van der Waals surface area contributed by atoms with Crippen LogP contribution in [0.25, 0.3) is 0 Å². The normalized spacial score (nSPS) is 13.2. The zero-order valence-corrected chi connectivity index (χ0v) is 26.7. The molecule has 0 bridgehead atoms. The van der Waals surface area contributed by atoms with Gasteiger partial charge in [0.15, 0.2) is 0 Å². The molecular weight excluding hydrogens is 482 g/mol. The maximum atomic E-state index is 12.4. The SMILES string of the molecule is CCCCCCCCCCCCC/C=C/[C@@H](O)[C@H](COC)NC(=O)CCCCCCCCCCCCCCC. The first-order valence-electron chi connectivity index (χ1n) is 17.3. The van der Waals surface area contributed by atoms with Crippen LogP contribution in [0.2, 0.25) is 0 Å². The zero-order valence-electron chi connectivity index (χ0n) is 26.7. The predicted octanol–water partition coefficient (Wildman–Crippen LogP) is 10.2. The van der Waals surface area contributed by atoms with Crippen LogP contribution < -0.4 is 5.32 Å². The second-order valence-corrected chi connectivity index (χ2v) is 11.9. The van der Waals surface area contributed by atoms with E-state index < -0.39 is 6.10 Å². The van der Waals surface area contributed by atoms with Crippen molar-refractivity contribution in [2.75, 3.05) is 13.7 Å². The number of carbonyl (C=O) groups excluding carboxylic acids is 1. The molecule has 0 aliphatic heterocycles. The number of nitrogens with one attached hydrogen (secondary N) is 1. The first-order chi connectivity index (χ1) is 19.2. The van der Waals surface area contributed by atoms with E-state index in [-0.39, 0.29) is 11.9 Å². The van der Waals surface area contributed by atoms with Crippen molar-refractivity contribution in [3.8, 4) is 0 Å². The van der Waals surface area contributed by atoms with Crippen LogP contribution in [0.5, 0.6) is 0 Å². The molecule has 0 saturated heterocycles. The summed E-state index contributed by atoms with van der Waals surface area (Å²) in [6, 6.07) is -0.377. The summed E-state index contributed by atoms with van der Waals surface area (Å²) in [4.78, 5) is 12.4. The zero-order chi connectivity index (χ0) is 28.7. The van der Waals surface area contributed by atoms with Crippen molar-refractivity contribution in [3.63, 3.8) is 0 Å². The van der Waals surface area contributed by atoms with Gasteiger partial charge in [0.25, 0.3) is 0 Å². The lowest BCUT2D eigenvalue weighted by atomic mass is 10.0. The Labute approximate surface area is 244 Å². The molecule has 0 radical (unpaired) electrons. The average molecular weight is 552 g/mol. The average Bonchev–Trinajstić information content (AvgIpc) is 2.93. The number of carbonyl (C=O) groups is 1. The molecule has 0 saturated carbocycles. The highest BCUT2D eigenvalue weighted by Crippen LogP contribution is 2.14. The van der Waals surface area contributed by atoms with Crippen molar-refractivity contribution >= 4 is 5.91 Å². The second-order valence-electron chi connectivity index (χ2n) is 11.9. The molecule has 0 spiro atoms. The number of rotatable bonds is 31. The molecule has 39 heavy (non-hydrogen) atoms. The molecule has 0 aliphatic rings. The molecule has 4 nitrogen and oxygen atoms in total. The fraction of sp³-hybridized carbons (Fsp3) is 0.914. The Bertz CT molecular complexity index is 522. The van der Waals surface area contributed by atoms with E-state index in [9.17, 15) is 9.90 Å². The molecule has 0 rings (SSSR count). The molecule has 0 fully saturated rings. The molecule has 0 aliphatic carbocycles. The summed E-state index contributed by atoms with van der Waals surface area (Å²) in [6.07, 6.45) is 36.5. The Hall–Kier alpha value is -0.870. The monoisotopic (exact) mass is 552 g/mol. The molecule has 0 aromatic carbocycles. The summed E-state index contributed by atoms with van der Waals surface area (Å²) in [6.45, 7) is 4.87. The number of hydrogen-bond acceptors (Lipinski definition) is 3. The summed E-state index contributed by atoms with van der Waals surface area (Å²) in [5.41, 5.74) is 0. The number of methoxy groups -OCH3 is 1. The number of amides is 1. The van der Waals surface area contributed by atoms with Gasteiger partial charge in [-0.2, -0.15) is 0 Å². The molecule has 0 aromatic heterocycles. The van der Waals surface area contributed by atoms with Crippen LogP contribution >= 0.6 is 0 Å². The number of aliphatic hydroxyl groups excluding tert-OH is 1. The van der Waals surface area contributed by atoms with Gasteiger partial charge in [-0.3, -0.25) is 4.79 Å². The van der Waals surface area contributed by atoms with E-state index in [0.717, 1.165) is 19.3 Å². The molecule has 2 atom stereocenters. The van der Waals surface area contributed by atoms with Crippen LogP contribution in [-0.4, -0.2) is 36.9 Å². The highest BCUT2D eigenvalue weighted by Gasteiger charge is 2.18. The number of hydrogen-bond donors (Lipinski definition) is 2. The first kappa shape index (κ1) is 38.1. The van der Waals surface area contributed by atoms with E-state index >= 15 is 0 Å². The van der Waals surface area contributed by atoms with Crippen molar-refractivity contribution in [1.82, 2.24) is 5.32 Å². The van der Waals surface area contributed by atoms with E-state index in [4.69, 9.17) is 4.74 Å². The maximum Gasteiger partial charge on any atom is 0.220 e. The van der Waals surface area contributed by atoms with Crippen molar-refractivity contribution in [1.29, 1.82) is 0 Å². The molecule has 232 valence electrons. The summed E-state index contributed by atoms with van der Waals surface area (Å²) >= 11 is 0. The number of ether oxygens (including phenoxy) is 1. The van der Waals surface area contributed by atoms with Crippen LogP contribution in [0, 0.1) is 0 Å². The minimum Gasteiger partial charge on any atom is -0.387 e. The third kappa shape index (κ3) is 28.5. The Kier molecular flexibility index (Phi) is 30.9. The lowest BCUT2D eigenvalue weighted by Gasteiger charge is -2.21. The highest BCUT2D eigenvalue weighted by molar-refractivity contribution is 5.76. The smallest absolute Gasteiger partial charge is 0.220 e. The number of aliphatic hydroxyl groups is 1. The van der Waals surface area contributed by atoms with Gasteiger partial charge in [0.05, 0.1) is 18.8 Å². The summed E-state index contributed by atoms with van der Waals surface area (Å²) in [7, 11) is 1.62. The highest BCUT2D eigenvalue weighted by atomic mass is 16.5. The fourth-order valence-corrected chi connectivity index (χ4v) is 5.28. The Morgan fingerprint density at radius 3 is 1.44 bits per heavy atom. The Morgan fingerprint density at radius 1 is 0.641 bits per heavy atom. The minimum atomic E-state index is -0.701. The van der Waals surface area contributed by atoms with Gasteiger partial charge in [-0.1, -0.05) is 167 Å². The summed E-state index contributed by atoms with van der Waals surface area (Å²) in [5, 5.41) is 13.6. The largest absolute Gasteiger partial charge is 0.387 e. The first-order valence-corrected chi connectivity index (χ1v) is 17.3. The van der Waals surface area contributed by atoms with Crippen LogP contribution in [0.15, 0.2) is 12.2 Å². The van der Waals surface area contributed by atoms with Gasteiger partial charge >= 0.3 is 0 Å². The summed E-state index contributed by atoms with van der Waals surface area (Å²) < 4.78 is 5.26. The van der Waals surface area contributed by atoms with E-state index in [1.165, 1.54) is 141 Å². The van der Waals surface area contributed by atoms with Crippen molar-refractivity contribution in [2.45, 2.75) is 193 Å². The van der Waals surface area contributed by atoms with E-state index in [1.807, 2.05) is 6.08 Å². The molecule has 1 amide bonds. The Balaban J connectivity index is 3.75. The van der Waals surface area contributed by atoms with Crippen LogP contribution in [0.1, 0.15) is 181 Å². The molecule has 0 aromatic rings. The minimum absolute atomic E-state index is 0.0259. The van der Waals surface area contributed by atoms with Gasteiger partial charge in [0, 0.05) is 13.5 Å². The Morgan fingerprint density at radius 2 is 1.03 bits per heavy atom. The molecule has 2 N–H and O–H groups in total. The lowest BCUT2D eigenvalue weighted by molar-refractivity contribution is -0.123. The van der Waals surface area contributed by atoms with E-state index in [1.54, 1.807) is 7.11 Å². The van der Waals surface area contributed by atoms with E-state index in [0.29, 0.717) is 13.0 Å². The third-order valence-electron chi connectivity index (χ3n) is 7.92. The third-order valence-corrected chi connectivity index (χ3v) is 7.92. The van der Waals surface area contributed by atoms with Crippen molar-refractivity contribution < 1.29 is 14.6 Å². The summed E-state index contributed by atoms with van der Waals surface area (Å²) in [5.74, 6) is 0.0259. The van der Waals surface area contributed by atoms with Crippen LogP contribution in [0.4, 0.5) is 0 Å². The lowest BCUT2D eigenvalue weighted by Crippen LogP contribution is -2.45. The second kappa shape index (κ2) is 31.7. The number of allylic oxidation sites excluding steroid dienone is 1. The molecular formula is C35H69NO3. The van der Waals surface area contributed by atoms with Gasteiger partial charge in [-0.25, -0.2) is 0 Å². The van der Waals surface area contributed by atoms with Gasteiger partial charge in [-0.05, 0) is 19.3 Å². The number of unbranched alkanes of at least 4 members (excludes halogenated alkanes) is 23.